The molecule has 6 nitrogen and oxygen atoms in total. The van der Waals surface area contributed by atoms with Crippen LogP contribution < -0.4 is 4.90 Å². The summed E-state index contributed by atoms with van der Waals surface area (Å²) < 4.78 is 7.40. The highest BCUT2D eigenvalue weighted by Crippen LogP contribution is 2.30. The number of nitrogens with zero attached hydrogens (tertiary/aromatic N) is 5. The molecule has 2 aliphatic heterocycles. The van der Waals surface area contributed by atoms with Crippen molar-refractivity contribution in [2.24, 2.45) is 5.92 Å². The van der Waals surface area contributed by atoms with Crippen LogP contribution in [-0.2, 0) is 10.2 Å². The van der Waals surface area contributed by atoms with Crippen LogP contribution >= 0.6 is 11.3 Å². The van der Waals surface area contributed by atoms with Gasteiger partial charge < -0.3 is 9.64 Å². The summed E-state index contributed by atoms with van der Waals surface area (Å²) in [6.07, 6.45) is 3.34. The smallest absolute Gasteiger partial charge is 0.214 e. The van der Waals surface area contributed by atoms with E-state index in [0.29, 0.717) is 0 Å². The van der Waals surface area contributed by atoms with Crippen LogP contribution in [0.4, 0.5) is 5.13 Å². The van der Waals surface area contributed by atoms with Crippen LogP contribution in [0.5, 0.6) is 0 Å². The number of rotatable bonds is 3. The Kier molecular flexibility index (Phi) is 4.26. The Labute approximate surface area is 147 Å². The van der Waals surface area contributed by atoms with Gasteiger partial charge in [-0.3, -0.25) is 4.90 Å². The average molecular weight is 350 g/mol. The molecule has 7 heteroatoms. The van der Waals surface area contributed by atoms with Gasteiger partial charge in [0.15, 0.2) is 0 Å². The highest BCUT2D eigenvalue weighted by Gasteiger charge is 2.28. The second kappa shape index (κ2) is 6.28. The second-order valence-corrected chi connectivity index (χ2v) is 8.94. The molecule has 0 saturated carbocycles. The van der Waals surface area contributed by atoms with E-state index >= 15 is 0 Å². The van der Waals surface area contributed by atoms with Crippen molar-refractivity contribution in [3.05, 3.63) is 11.9 Å². The van der Waals surface area contributed by atoms with E-state index in [0.717, 1.165) is 61.1 Å². The highest BCUT2D eigenvalue weighted by atomic mass is 32.1. The van der Waals surface area contributed by atoms with Crippen molar-refractivity contribution in [1.29, 1.82) is 0 Å². The zero-order chi connectivity index (χ0) is 16.7. The van der Waals surface area contributed by atoms with E-state index in [2.05, 4.69) is 36.8 Å². The Balaban J connectivity index is 1.41. The van der Waals surface area contributed by atoms with Gasteiger partial charge in [0.05, 0.1) is 25.1 Å². The number of imidazole rings is 1. The Bertz CT molecular complexity index is 666. The molecule has 0 spiro atoms. The molecule has 0 radical (unpaired) electrons. The van der Waals surface area contributed by atoms with E-state index in [1.807, 2.05) is 4.52 Å². The van der Waals surface area contributed by atoms with Gasteiger partial charge in [-0.2, -0.15) is 0 Å². The van der Waals surface area contributed by atoms with Gasteiger partial charge in [0.25, 0.3) is 0 Å². The van der Waals surface area contributed by atoms with E-state index < -0.39 is 0 Å². The molecule has 0 N–H and O–H groups in total. The van der Waals surface area contributed by atoms with Gasteiger partial charge in [-0.1, -0.05) is 32.1 Å². The fourth-order valence-corrected chi connectivity index (χ4v) is 4.40. The lowest BCUT2D eigenvalue weighted by molar-refractivity contribution is 0.0320. The minimum Gasteiger partial charge on any atom is -0.379 e. The minimum atomic E-state index is 0.0739. The quantitative estimate of drug-likeness (QED) is 0.850. The standard InChI is InChI=1S/C17H27N5OS/c1-17(2,3)14-12-22-15(18-14)24-16(19-22)21-5-4-13(11-21)10-20-6-8-23-9-7-20/h12-13H,4-11H2,1-3H3/t13-/m1/s1. The highest BCUT2D eigenvalue weighted by molar-refractivity contribution is 7.20. The predicted molar refractivity (Wildman–Crippen MR) is 97.1 cm³/mol. The summed E-state index contributed by atoms with van der Waals surface area (Å²) in [4.78, 5) is 10.7. The minimum absolute atomic E-state index is 0.0739. The second-order valence-electron chi connectivity index (χ2n) is 8.00. The summed E-state index contributed by atoms with van der Waals surface area (Å²) in [6.45, 7) is 13.9. The molecule has 0 unspecified atom stereocenters. The Morgan fingerprint density at radius 3 is 2.75 bits per heavy atom. The van der Waals surface area contributed by atoms with Gasteiger partial charge in [-0.15, -0.1) is 5.10 Å². The van der Waals surface area contributed by atoms with E-state index in [4.69, 9.17) is 14.8 Å². The Morgan fingerprint density at radius 2 is 2.04 bits per heavy atom. The molecule has 132 valence electrons. The number of fused-ring (bicyclic) bond motifs is 1. The average Bonchev–Trinajstić information content (AvgIpc) is 3.20. The summed E-state index contributed by atoms with van der Waals surface area (Å²) in [5, 5.41) is 5.89. The normalized spacial score (nSPS) is 23.5. The summed E-state index contributed by atoms with van der Waals surface area (Å²) in [6, 6.07) is 0. The zero-order valence-corrected chi connectivity index (χ0v) is 15.7. The number of aromatic nitrogens is 3. The third-order valence-electron chi connectivity index (χ3n) is 4.98. The topological polar surface area (TPSA) is 45.9 Å². The fourth-order valence-electron chi connectivity index (χ4n) is 3.48. The largest absolute Gasteiger partial charge is 0.379 e. The summed E-state index contributed by atoms with van der Waals surface area (Å²) in [5.41, 5.74) is 1.18. The third kappa shape index (κ3) is 3.30. The molecule has 0 aromatic carbocycles. The lowest BCUT2D eigenvalue weighted by atomic mass is 9.93. The number of ether oxygens (including phenoxy) is 1. The molecule has 0 amide bonds. The molecule has 2 aromatic heterocycles. The van der Waals surface area contributed by atoms with Crippen LogP contribution in [0.3, 0.4) is 0 Å². The maximum absolute atomic E-state index is 5.44. The SMILES string of the molecule is CC(C)(C)c1cn2nc(N3CC[C@H](CN4CCOCC4)C3)sc2n1. The first-order chi connectivity index (χ1) is 11.5. The van der Waals surface area contributed by atoms with Gasteiger partial charge in [-0.05, 0) is 12.3 Å². The van der Waals surface area contributed by atoms with Crippen LogP contribution in [-0.4, -0.2) is 65.4 Å². The molecule has 4 rings (SSSR count). The fraction of sp³-hybridized carbons (Fsp3) is 0.765. The van der Waals surface area contributed by atoms with Crippen molar-refractivity contribution in [3.8, 4) is 0 Å². The van der Waals surface area contributed by atoms with Crippen molar-refractivity contribution in [1.82, 2.24) is 19.5 Å². The van der Waals surface area contributed by atoms with Gasteiger partial charge in [-0.25, -0.2) is 9.50 Å². The van der Waals surface area contributed by atoms with Crippen molar-refractivity contribution < 1.29 is 4.74 Å². The molecule has 4 heterocycles. The van der Waals surface area contributed by atoms with Crippen molar-refractivity contribution in [2.45, 2.75) is 32.6 Å². The maximum Gasteiger partial charge on any atom is 0.214 e. The molecule has 1 atom stereocenters. The van der Waals surface area contributed by atoms with Gasteiger partial charge in [0.1, 0.15) is 0 Å². The first kappa shape index (κ1) is 16.3. The van der Waals surface area contributed by atoms with Gasteiger partial charge in [0.2, 0.25) is 10.1 Å². The van der Waals surface area contributed by atoms with Crippen LogP contribution in [0.1, 0.15) is 32.9 Å². The molecule has 2 saturated heterocycles. The summed E-state index contributed by atoms with van der Waals surface area (Å²) >= 11 is 1.71. The molecule has 2 aliphatic rings. The summed E-state index contributed by atoms with van der Waals surface area (Å²) in [5.74, 6) is 0.740. The lowest BCUT2D eigenvalue weighted by Crippen LogP contribution is -2.39. The van der Waals surface area contributed by atoms with Crippen LogP contribution in [0.15, 0.2) is 6.20 Å². The van der Waals surface area contributed by atoms with Crippen LogP contribution in [0, 0.1) is 5.92 Å². The molecular weight excluding hydrogens is 322 g/mol. The third-order valence-corrected chi connectivity index (χ3v) is 5.96. The number of hydrogen-bond acceptors (Lipinski definition) is 6. The van der Waals surface area contributed by atoms with Crippen molar-refractivity contribution in [3.63, 3.8) is 0 Å². The van der Waals surface area contributed by atoms with Crippen molar-refractivity contribution >= 4 is 21.4 Å². The van der Waals surface area contributed by atoms with E-state index in [9.17, 15) is 0 Å². The number of anilines is 1. The molecule has 0 bridgehead atoms. The molecule has 0 aliphatic carbocycles. The predicted octanol–water partition coefficient (Wildman–Crippen LogP) is 2.25. The van der Waals surface area contributed by atoms with Crippen LogP contribution in [0.25, 0.3) is 4.96 Å². The number of morpholine rings is 1. The Hall–Kier alpha value is -1.18. The van der Waals surface area contributed by atoms with Gasteiger partial charge >= 0.3 is 0 Å². The van der Waals surface area contributed by atoms with E-state index in [1.165, 1.54) is 13.0 Å². The molecule has 24 heavy (non-hydrogen) atoms. The zero-order valence-electron chi connectivity index (χ0n) is 14.9. The summed E-state index contributed by atoms with van der Waals surface area (Å²) in [7, 11) is 0. The first-order valence-electron chi connectivity index (χ1n) is 8.91. The molecule has 2 aromatic rings. The van der Waals surface area contributed by atoms with E-state index in [-0.39, 0.29) is 5.41 Å². The van der Waals surface area contributed by atoms with Crippen molar-refractivity contribution in [2.75, 3.05) is 50.8 Å². The Morgan fingerprint density at radius 1 is 1.25 bits per heavy atom. The molecular formula is C17H27N5OS. The van der Waals surface area contributed by atoms with Crippen LogP contribution in [0.2, 0.25) is 0 Å². The van der Waals surface area contributed by atoms with E-state index in [1.54, 1.807) is 11.3 Å². The number of hydrogen-bond donors (Lipinski definition) is 0. The lowest BCUT2D eigenvalue weighted by Gasteiger charge is -2.28. The monoisotopic (exact) mass is 349 g/mol. The maximum atomic E-state index is 5.44. The van der Waals surface area contributed by atoms with Gasteiger partial charge in [0, 0.05) is 38.1 Å². The molecule has 2 fully saturated rings. The first-order valence-corrected chi connectivity index (χ1v) is 9.72.